The fourth-order valence-corrected chi connectivity index (χ4v) is 1.88. The molecule has 0 aliphatic carbocycles. The minimum Gasteiger partial charge on any atom is -0.508 e. The Balaban J connectivity index is 2.37. The van der Waals surface area contributed by atoms with E-state index in [2.05, 4.69) is 5.10 Å². The normalized spacial score (nSPS) is 11.0. The second-order valence-electron chi connectivity index (χ2n) is 4.75. The van der Waals surface area contributed by atoms with E-state index in [1.165, 1.54) is 54.2 Å². The molecule has 0 saturated heterocycles. The van der Waals surface area contributed by atoms with Gasteiger partial charge in [0.15, 0.2) is 0 Å². The van der Waals surface area contributed by atoms with E-state index in [1.54, 1.807) is 7.05 Å². The Kier molecular flexibility index (Phi) is 4.02. The minimum atomic E-state index is -0.461. The number of rotatable bonds is 3. The predicted octanol–water partition coefficient (Wildman–Crippen LogP) is -0.0345. The van der Waals surface area contributed by atoms with E-state index in [-0.39, 0.29) is 11.5 Å². The van der Waals surface area contributed by atoms with E-state index in [0.717, 1.165) is 4.57 Å². The third-order valence-electron chi connectivity index (χ3n) is 3.22. The van der Waals surface area contributed by atoms with Crippen LogP contribution < -0.4 is 16.3 Å². The molecule has 8 heteroatoms. The molecule has 0 radical (unpaired) electrons. The summed E-state index contributed by atoms with van der Waals surface area (Å²) >= 11 is 0. The molecular formula is C14H16N4O4. The van der Waals surface area contributed by atoms with Gasteiger partial charge in [-0.05, 0) is 12.1 Å². The number of aromatic hydroxyl groups is 2. The highest BCUT2D eigenvalue weighted by Crippen LogP contribution is 2.21. The maximum Gasteiger partial charge on any atom is 0.332 e. The summed E-state index contributed by atoms with van der Waals surface area (Å²) in [5.74, 6) is 0.120. The van der Waals surface area contributed by atoms with Crippen LogP contribution in [0.25, 0.3) is 0 Å². The van der Waals surface area contributed by atoms with E-state index in [9.17, 15) is 19.8 Å². The molecule has 0 bridgehead atoms. The standard InChI is InChI=1S/C14H16N4O4/c1-16-12(7-13(21)17(2)14(16)22)18(3)15-8-9-4-5-10(19)6-11(9)20/h4-8,19-20H,1-3H3/b15-8+. The van der Waals surface area contributed by atoms with Crippen LogP contribution in [0.2, 0.25) is 0 Å². The van der Waals surface area contributed by atoms with E-state index >= 15 is 0 Å². The van der Waals surface area contributed by atoms with Crippen molar-refractivity contribution in [2.45, 2.75) is 0 Å². The van der Waals surface area contributed by atoms with Gasteiger partial charge in [-0.2, -0.15) is 5.10 Å². The Bertz CT molecular complexity index is 851. The molecule has 1 heterocycles. The van der Waals surface area contributed by atoms with Crippen LogP contribution in [0, 0.1) is 0 Å². The van der Waals surface area contributed by atoms with Crippen molar-refractivity contribution < 1.29 is 10.2 Å². The number of nitrogens with zero attached hydrogens (tertiary/aromatic N) is 4. The quantitative estimate of drug-likeness (QED) is 0.612. The molecule has 1 aromatic carbocycles. The average Bonchev–Trinajstić information content (AvgIpc) is 2.47. The number of aromatic nitrogens is 2. The molecule has 0 amide bonds. The number of hydrogen-bond donors (Lipinski definition) is 2. The Morgan fingerprint density at radius 3 is 2.45 bits per heavy atom. The van der Waals surface area contributed by atoms with Crippen LogP contribution in [0.5, 0.6) is 11.5 Å². The van der Waals surface area contributed by atoms with Crippen molar-refractivity contribution in [3.05, 3.63) is 50.7 Å². The Labute approximate surface area is 125 Å². The first kappa shape index (κ1) is 15.4. The fourth-order valence-electron chi connectivity index (χ4n) is 1.88. The number of hydrazone groups is 1. The molecule has 1 aromatic heterocycles. The van der Waals surface area contributed by atoms with E-state index in [4.69, 9.17) is 0 Å². The smallest absolute Gasteiger partial charge is 0.332 e. The zero-order valence-corrected chi connectivity index (χ0v) is 12.4. The fraction of sp³-hybridized carbons (Fsp3) is 0.214. The molecule has 0 aliphatic rings. The Morgan fingerprint density at radius 2 is 1.82 bits per heavy atom. The molecule has 0 fully saturated rings. The molecule has 0 aliphatic heterocycles. The van der Waals surface area contributed by atoms with Crippen LogP contribution >= 0.6 is 0 Å². The third kappa shape index (κ3) is 2.85. The second kappa shape index (κ2) is 5.76. The summed E-state index contributed by atoms with van der Waals surface area (Å²) in [6.07, 6.45) is 1.36. The molecule has 8 nitrogen and oxygen atoms in total. The number of hydrogen-bond acceptors (Lipinski definition) is 6. The van der Waals surface area contributed by atoms with Gasteiger partial charge in [-0.15, -0.1) is 0 Å². The monoisotopic (exact) mass is 304 g/mol. The molecule has 0 spiro atoms. The maximum atomic E-state index is 11.9. The van der Waals surface area contributed by atoms with Crippen molar-refractivity contribution in [3.8, 4) is 11.5 Å². The maximum absolute atomic E-state index is 11.9. The van der Waals surface area contributed by atoms with Crippen molar-refractivity contribution in [2.75, 3.05) is 12.1 Å². The van der Waals surface area contributed by atoms with Crippen LogP contribution in [0.4, 0.5) is 5.82 Å². The average molecular weight is 304 g/mol. The van der Waals surface area contributed by atoms with Gasteiger partial charge < -0.3 is 10.2 Å². The second-order valence-corrected chi connectivity index (χ2v) is 4.75. The molecule has 2 rings (SSSR count). The van der Waals surface area contributed by atoms with Gasteiger partial charge in [-0.3, -0.25) is 18.9 Å². The van der Waals surface area contributed by atoms with Gasteiger partial charge in [0.05, 0.1) is 6.21 Å². The van der Waals surface area contributed by atoms with Crippen LogP contribution in [0.3, 0.4) is 0 Å². The predicted molar refractivity (Wildman–Crippen MR) is 82.7 cm³/mol. The van der Waals surface area contributed by atoms with Gasteiger partial charge in [0.2, 0.25) is 0 Å². The van der Waals surface area contributed by atoms with Crippen molar-refractivity contribution in [3.63, 3.8) is 0 Å². The van der Waals surface area contributed by atoms with Gasteiger partial charge >= 0.3 is 5.69 Å². The summed E-state index contributed by atoms with van der Waals surface area (Å²) < 4.78 is 2.28. The lowest BCUT2D eigenvalue weighted by Gasteiger charge is -2.16. The summed E-state index contributed by atoms with van der Waals surface area (Å²) in [6, 6.07) is 5.38. The number of anilines is 1. The Hall–Kier alpha value is -3.03. The minimum absolute atomic E-state index is 0.0584. The summed E-state index contributed by atoms with van der Waals surface area (Å²) in [4.78, 5) is 23.5. The van der Waals surface area contributed by atoms with Crippen molar-refractivity contribution >= 4 is 12.0 Å². The van der Waals surface area contributed by atoms with E-state index in [1.807, 2.05) is 0 Å². The summed E-state index contributed by atoms with van der Waals surface area (Å²) in [5, 5.41) is 24.3. The van der Waals surface area contributed by atoms with Crippen LogP contribution in [0.15, 0.2) is 39.0 Å². The molecule has 0 saturated carbocycles. The summed E-state index contributed by atoms with van der Waals surface area (Å²) in [5.41, 5.74) is -0.511. The molecule has 0 atom stereocenters. The first-order valence-corrected chi connectivity index (χ1v) is 6.38. The zero-order valence-electron chi connectivity index (χ0n) is 12.4. The van der Waals surface area contributed by atoms with Gasteiger partial charge in [0, 0.05) is 38.8 Å². The van der Waals surface area contributed by atoms with Crippen molar-refractivity contribution in [1.29, 1.82) is 0 Å². The van der Waals surface area contributed by atoms with Crippen LogP contribution in [-0.4, -0.2) is 32.6 Å². The summed E-state index contributed by atoms with van der Waals surface area (Å²) in [6.45, 7) is 0. The van der Waals surface area contributed by atoms with Gasteiger partial charge in [-0.1, -0.05) is 0 Å². The molecule has 22 heavy (non-hydrogen) atoms. The molecule has 2 aromatic rings. The lowest BCUT2D eigenvalue weighted by molar-refractivity contribution is 0.450. The lowest BCUT2D eigenvalue weighted by Crippen LogP contribution is -2.38. The first-order chi connectivity index (χ1) is 10.3. The number of phenolic OH excluding ortho intramolecular Hbond substituents is 2. The van der Waals surface area contributed by atoms with Crippen molar-refractivity contribution in [2.24, 2.45) is 19.2 Å². The van der Waals surface area contributed by atoms with Crippen molar-refractivity contribution in [1.82, 2.24) is 9.13 Å². The van der Waals surface area contributed by atoms with Crippen LogP contribution in [0.1, 0.15) is 5.56 Å². The van der Waals surface area contributed by atoms with Gasteiger partial charge in [0.25, 0.3) is 5.56 Å². The third-order valence-corrected chi connectivity index (χ3v) is 3.22. The molecule has 2 N–H and O–H groups in total. The lowest BCUT2D eigenvalue weighted by atomic mass is 10.2. The van der Waals surface area contributed by atoms with Gasteiger partial charge in [0.1, 0.15) is 17.3 Å². The topological polar surface area (TPSA) is 100 Å². The SMILES string of the molecule is CN(/N=C/c1ccc(O)cc1O)c1cc(=O)n(C)c(=O)n1C. The highest BCUT2D eigenvalue weighted by Gasteiger charge is 2.09. The van der Waals surface area contributed by atoms with E-state index < -0.39 is 11.2 Å². The van der Waals surface area contributed by atoms with Gasteiger partial charge in [-0.25, -0.2) is 4.79 Å². The summed E-state index contributed by atoms with van der Waals surface area (Å²) in [7, 11) is 4.50. The molecule has 0 unspecified atom stereocenters. The highest BCUT2D eigenvalue weighted by atomic mass is 16.3. The zero-order chi connectivity index (χ0) is 16.4. The molecular weight excluding hydrogens is 288 g/mol. The number of benzene rings is 1. The first-order valence-electron chi connectivity index (χ1n) is 6.38. The highest BCUT2D eigenvalue weighted by molar-refractivity contribution is 5.84. The largest absolute Gasteiger partial charge is 0.508 e. The van der Waals surface area contributed by atoms with Crippen LogP contribution in [-0.2, 0) is 14.1 Å². The number of phenols is 2. The Morgan fingerprint density at radius 1 is 1.14 bits per heavy atom. The molecule has 116 valence electrons. The van der Waals surface area contributed by atoms with E-state index in [0.29, 0.717) is 11.4 Å².